The van der Waals surface area contributed by atoms with Crippen LogP contribution in [0.15, 0.2) is 35.5 Å². The second kappa shape index (κ2) is 5.72. The molecule has 1 saturated carbocycles. The van der Waals surface area contributed by atoms with Crippen molar-refractivity contribution in [2.24, 2.45) is 17.3 Å². The monoisotopic (exact) mass is 300 g/mol. The zero-order valence-electron chi connectivity index (χ0n) is 14.2. The molecule has 4 atom stereocenters. The molecule has 0 spiro atoms. The summed E-state index contributed by atoms with van der Waals surface area (Å²) in [5.74, 6) is 1.14. The van der Waals surface area contributed by atoms with Crippen LogP contribution in [0.2, 0.25) is 0 Å². The Morgan fingerprint density at radius 2 is 2.18 bits per heavy atom. The fourth-order valence-corrected chi connectivity index (χ4v) is 4.70. The number of ether oxygens (including phenoxy) is 1. The van der Waals surface area contributed by atoms with E-state index in [2.05, 4.69) is 39.5 Å². The van der Waals surface area contributed by atoms with Crippen molar-refractivity contribution in [2.45, 2.75) is 65.4 Å². The van der Waals surface area contributed by atoms with Crippen LogP contribution in [0.5, 0.6) is 0 Å². The third-order valence-corrected chi connectivity index (χ3v) is 6.11. The third kappa shape index (κ3) is 2.80. The number of hydrogen-bond donors (Lipinski definition) is 0. The molecular formula is C20H28O2. The summed E-state index contributed by atoms with van der Waals surface area (Å²) in [5, 5.41) is 0. The van der Waals surface area contributed by atoms with Crippen LogP contribution in [0.4, 0.5) is 0 Å². The van der Waals surface area contributed by atoms with E-state index in [1.165, 1.54) is 24.0 Å². The van der Waals surface area contributed by atoms with E-state index in [0.717, 1.165) is 31.3 Å². The van der Waals surface area contributed by atoms with E-state index in [1.807, 2.05) is 0 Å². The Bertz CT molecular complexity index is 554. The zero-order chi connectivity index (χ0) is 15.9. The quantitative estimate of drug-likeness (QED) is 0.505. The van der Waals surface area contributed by atoms with Crippen molar-refractivity contribution in [1.29, 1.82) is 0 Å². The maximum Gasteiger partial charge on any atom is 0.334 e. The van der Waals surface area contributed by atoms with Crippen molar-refractivity contribution in [1.82, 2.24) is 0 Å². The Balaban J connectivity index is 1.91. The van der Waals surface area contributed by atoms with Crippen LogP contribution >= 0.6 is 0 Å². The molecular weight excluding hydrogens is 272 g/mol. The van der Waals surface area contributed by atoms with Crippen LogP contribution in [0.3, 0.4) is 0 Å². The topological polar surface area (TPSA) is 26.3 Å². The zero-order valence-corrected chi connectivity index (χ0v) is 14.2. The minimum Gasteiger partial charge on any atom is -0.454 e. The molecule has 2 aliphatic carbocycles. The van der Waals surface area contributed by atoms with E-state index in [9.17, 15) is 4.79 Å². The molecule has 1 heterocycles. The van der Waals surface area contributed by atoms with Gasteiger partial charge in [-0.2, -0.15) is 0 Å². The van der Waals surface area contributed by atoms with Crippen LogP contribution < -0.4 is 0 Å². The van der Waals surface area contributed by atoms with Crippen LogP contribution in [-0.2, 0) is 9.53 Å². The fraction of sp³-hybridized carbons (Fsp3) is 0.650. The van der Waals surface area contributed by atoms with Crippen molar-refractivity contribution in [2.75, 3.05) is 0 Å². The Labute approximate surface area is 134 Å². The molecule has 2 nitrogen and oxygen atoms in total. The summed E-state index contributed by atoms with van der Waals surface area (Å²) >= 11 is 0. The first kappa shape index (κ1) is 15.6. The summed E-state index contributed by atoms with van der Waals surface area (Å²) in [6, 6.07) is 0. The van der Waals surface area contributed by atoms with Crippen molar-refractivity contribution >= 4 is 5.97 Å². The summed E-state index contributed by atoms with van der Waals surface area (Å²) in [4.78, 5) is 12.0. The summed E-state index contributed by atoms with van der Waals surface area (Å²) in [7, 11) is 0. The van der Waals surface area contributed by atoms with E-state index >= 15 is 0 Å². The average Bonchev–Trinajstić information content (AvgIpc) is 2.94. The summed E-state index contributed by atoms with van der Waals surface area (Å²) in [5.41, 5.74) is 3.90. The highest BCUT2D eigenvalue weighted by atomic mass is 16.5. The Hall–Kier alpha value is -1.31. The van der Waals surface area contributed by atoms with Gasteiger partial charge in [-0.1, -0.05) is 30.7 Å². The first-order valence-corrected chi connectivity index (χ1v) is 8.62. The minimum absolute atomic E-state index is 0.0403. The maximum atomic E-state index is 12.0. The standard InChI is InChI=1S/C20H28O2/c1-13(2)17-8-10-20(4)9-7-14(3)11-16-12-15(19(21)22-16)5-6-18(17)20/h7,12,16-18H,1,5-6,8-11H2,2-4H3. The highest BCUT2D eigenvalue weighted by Gasteiger charge is 2.44. The predicted octanol–water partition coefficient (Wildman–Crippen LogP) is 4.97. The Kier molecular flexibility index (Phi) is 4.05. The highest BCUT2D eigenvalue weighted by molar-refractivity contribution is 5.90. The Morgan fingerprint density at radius 3 is 2.91 bits per heavy atom. The van der Waals surface area contributed by atoms with Gasteiger partial charge in [-0.05, 0) is 69.3 Å². The largest absolute Gasteiger partial charge is 0.454 e. The van der Waals surface area contributed by atoms with Gasteiger partial charge in [0, 0.05) is 12.0 Å². The first-order valence-electron chi connectivity index (χ1n) is 8.62. The lowest BCUT2D eigenvalue weighted by Gasteiger charge is -2.34. The van der Waals surface area contributed by atoms with Gasteiger partial charge in [-0.15, -0.1) is 0 Å². The normalized spacial score (nSPS) is 38.5. The second-order valence-electron chi connectivity index (χ2n) is 7.89. The van der Waals surface area contributed by atoms with Gasteiger partial charge in [0.1, 0.15) is 6.10 Å². The number of allylic oxidation sites excluding steroid dienone is 2. The van der Waals surface area contributed by atoms with Gasteiger partial charge in [0.2, 0.25) is 0 Å². The van der Waals surface area contributed by atoms with Crippen LogP contribution in [0.25, 0.3) is 0 Å². The van der Waals surface area contributed by atoms with Crippen LogP contribution in [-0.4, -0.2) is 12.1 Å². The number of hydrogen-bond acceptors (Lipinski definition) is 2. The van der Waals surface area contributed by atoms with Crippen molar-refractivity contribution in [3.8, 4) is 0 Å². The number of fused-ring (bicyclic) bond motifs is 2. The van der Waals surface area contributed by atoms with Crippen LogP contribution in [0.1, 0.15) is 59.3 Å². The molecule has 4 unspecified atom stereocenters. The van der Waals surface area contributed by atoms with Gasteiger partial charge in [0.25, 0.3) is 0 Å². The second-order valence-corrected chi connectivity index (χ2v) is 7.89. The molecule has 120 valence electrons. The van der Waals surface area contributed by atoms with E-state index in [-0.39, 0.29) is 12.1 Å². The molecule has 3 aliphatic rings. The molecule has 1 aliphatic heterocycles. The molecule has 22 heavy (non-hydrogen) atoms. The van der Waals surface area contributed by atoms with Gasteiger partial charge < -0.3 is 4.74 Å². The molecule has 0 saturated heterocycles. The highest BCUT2D eigenvalue weighted by Crippen LogP contribution is 2.54. The molecule has 0 amide bonds. The molecule has 0 aromatic heterocycles. The van der Waals surface area contributed by atoms with Crippen molar-refractivity contribution in [3.05, 3.63) is 35.5 Å². The maximum absolute atomic E-state index is 12.0. The van der Waals surface area contributed by atoms with E-state index in [0.29, 0.717) is 17.3 Å². The predicted molar refractivity (Wildman–Crippen MR) is 89.3 cm³/mol. The number of esters is 1. The lowest BCUT2D eigenvalue weighted by atomic mass is 9.70. The molecule has 0 aromatic rings. The first-order chi connectivity index (χ1) is 10.4. The van der Waals surface area contributed by atoms with Crippen LogP contribution in [0, 0.1) is 17.3 Å². The number of carbonyl (C=O) groups excluding carboxylic acids is 1. The SMILES string of the molecule is C=C(C)C1CCC2(C)CC=C(C)CC3C=C(CCC12)C(=O)O3. The molecule has 0 N–H and O–H groups in total. The lowest BCUT2D eigenvalue weighted by Crippen LogP contribution is -2.26. The molecule has 1 fully saturated rings. The molecule has 2 heteroatoms. The van der Waals surface area contributed by atoms with Gasteiger partial charge in [0.15, 0.2) is 0 Å². The number of rotatable bonds is 1. The third-order valence-electron chi connectivity index (χ3n) is 6.11. The summed E-state index contributed by atoms with van der Waals surface area (Å²) < 4.78 is 5.49. The van der Waals surface area contributed by atoms with E-state index in [4.69, 9.17) is 4.74 Å². The minimum atomic E-state index is -0.0926. The van der Waals surface area contributed by atoms with Gasteiger partial charge in [-0.3, -0.25) is 0 Å². The van der Waals surface area contributed by atoms with Gasteiger partial charge in [-0.25, -0.2) is 4.79 Å². The smallest absolute Gasteiger partial charge is 0.334 e. The molecule has 2 bridgehead atoms. The fourth-order valence-electron chi connectivity index (χ4n) is 4.70. The van der Waals surface area contributed by atoms with Crippen molar-refractivity contribution in [3.63, 3.8) is 0 Å². The lowest BCUT2D eigenvalue weighted by molar-refractivity contribution is -0.139. The number of carbonyl (C=O) groups is 1. The molecule has 3 rings (SSSR count). The summed E-state index contributed by atoms with van der Waals surface area (Å²) in [6.07, 6.45) is 10.9. The Morgan fingerprint density at radius 1 is 1.41 bits per heavy atom. The molecule has 0 radical (unpaired) electrons. The van der Waals surface area contributed by atoms with E-state index in [1.54, 1.807) is 0 Å². The van der Waals surface area contributed by atoms with Crippen molar-refractivity contribution < 1.29 is 9.53 Å². The van der Waals surface area contributed by atoms with Gasteiger partial charge >= 0.3 is 5.97 Å². The summed E-state index contributed by atoms with van der Waals surface area (Å²) in [6.45, 7) is 11.0. The van der Waals surface area contributed by atoms with Gasteiger partial charge in [0.05, 0.1) is 0 Å². The van der Waals surface area contributed by atoms with E-state index < -0.39 is 0 Å². The average molecular weight is 300 g/mol. The molecule has 0 aromatic carbocycles.